The highest BCUT2D eigenvalue weighted by Crippen LogP contribution is 2.66. The van der Waals surface area contributed by atoms with Crippen molar-refractivity contribution in [3.05, 3.63) is 87.2 Å². The monoisotopic (exact) mass is 544 g/mol. The number of phenols is 3. The number of carbonyl (C=O) groups is 3. The average molecular weight is 545 g/mol. The van der Waals surface area contributed by atoms with Gasteiger partial charge in [0.15, 0.2) is 11.6 Å². The minimum absolute atomic E-state index is 0.0463. The van der Waals surface area contributed by atoms with Crippen molar-refractivity contribution in [2.75, 3.05) is 0 Å². The number of aromatic hydroxyl groups is 3. The van der Waals surface area contributed by atoms with E-state index < -0.39 is 76.3 Å². The van der Waals surface area contributed by atoms with Crippen molar-refractivity contribution < 1.29 is 49.8 Å². The summed E-state index contributed by atoms with van der Waals surface area (Å²) < 4.78 is 5.80. The molecule has 40 heavy (non-hydrogen) atoms. The summed E-state index contributed by atoms with van der Waals surface area (Å²) in [4.78, 5) is 40.6. The number of carbonyl (C=O) groups excluding carboxylic acids is 3. The average Bonchev–Trinajstić information content (AvgIpc) is 3.41. The smallest absolute Gasteiger partial charge is 0.342 e. The molecule has 0 aromatic heterocycles. The second-order valence-electron chi connectivity index (χ2n) is 11.2. The molecule has 10 nitrogen and oxygen atoms in total. The fourth-order valence-corrected chi connectivity index (χ4v) is 7.63. The molecule has 4 aliphatic carbocycles. The van der Waals surface area contributed by atoms with E-state index in [1.165, 1.54) is 18.2 Å². The summed E-state index contributed by atoms with van der Waals surface area (Å²) >= 11 is 0. The number of hydrogen-bond acceptors (Lipinski definition) is 10. The number of aliphatic hydroxyl groups excluding tert-OH is 3. The number of cyclic esters (lactones) is 1. The molecule has 0 spiro atoms. The molecule has 2 aromatic carbocycles. The van der Waals surface area contributed by atoms with Crippen molar-refractivity contribution in [3.8, 4) is 17.2 Å². The van der Waals surface area contributed by atoms with Gasteiger partial charge in [-0.05, 0) is 54.3 Å². The second kappa shape index (κ2) is 7.83. The maximum atomic E-state index is 14.0. The van der Waals surface area contributed by atoms with Crippen molar-refractivity contribution in [3.63, 3.8) is 0 Å². The van der Waals surface area contributed by atoms with Gasteiger partial charge in [0.05, 0.1) is 40.6 Å². The normalized spacial score (nSPS) is 33.6. The van der Waals surface area contributed by atoms with Crippen LogP contribution >= 0.6 is 0 Å². The molecular weight excluding hydrogens is 520 g/mol. The van der Waals surface area contributed by atoms with Crippen LogP contribution in [0.5, 0.6) is 17.2 Å². The third-order valence-corrected chi connectivity index (χ3v) is 9.18. The Kier molecular flexibility index (Phi) is 4.82. The number of hydrogen-bond donors (Lipinski definition) is 6. The van der Waals surface area contributed by atoms with Crippen LogP contribution in [0.15, 0.2) is 59.4 Å². The van der Waals surface area contributed by atoms with Crippen LogP contribution in [0.3, 0.4) is 0 Å². The molecule has 0 saturated carbocycles. The van der Waals surface area contributed by atoms with Gasteiger partial charge in [0, 0.05) is 11.5 Å². The van der Waals surface area contributed by atoms with Crippen molar-refractivity contribution in [1.82, 2.24) is 0 Å². The van der Waals surface area contributed by atoms with Gasteiger partial charge in [-0.1, -0.05) is 18.2 Å². The molecular formula is C30H24O10. The molecule has 1 aliphatic heterocycles. The van der Waals surface area contributed by atoms with Gasteiger partial charge in [0.1, 0.15) is 34.7 Å². The van der Waals surface area contributed by atoms with Gasteiger partial charge >= 0.3 is 5.97 Å². The first-order valence-corrected chi connectivity index (χ1v) is 12.8. The van der Waals surface area contributed by atoms with Crippen molar-refractivity contribution in [1.29, 1.82) is 0 Å². The molecule has 7 atom stereocenters. The quantitative estimate of drug-likeness (QED) is 0.177. The van der Waals surface area contributed by atoms with Crippen LogP contribution in [0.2, 0.25) is 0 Å². The Hall–Kier alpha value is -4.41. The topological polar surface area (TPSA) is 182 Å². The number of phenolic OH excluding ortho intramolecular Hbond substituents is 3. The molecule has 6 N–H and O–H groups in total. The number of esters is 1. The van der Waals surface area contributed by atoms with Crippen LogP contribution in [-0.4, -0.2) is 60.4 Å². The lowest BCUT2D eigenvalue weighted by Crippen LogP contribution is -2.52. The Morgan fingerprint density at radius 1 is 0.850 bits per heavy atom. The number of ether oxygens (including phenoxy) is 1. The van der Waals surface area contributed by atoms with E-state index in [2.05, 4.69) is 0 Å². The Labute approximate surface area is 226 Å². The fraction of sp³-hybridized carbons (Fsp3) is 0.300. The van der Waals surface area contributed by atoms with Crippen molar-refractivity contribution in [2.24, 2.45) is 23.2 Å². The molecule has 10 heteroatoms. The summed E-state index contributed by atoms with van der Waals surface area (Å²) in [7, 11) is 0. The molecule has 7 rings (SSSR count). The highest BCUT2D eigenvalue weighted by molar-refractivity contribution is 6.20. The Morgan fingerprint density at radius 2 is 1.50 bits per heavy atom. The molecule has 0 bridgehead atoms. The van der Waals surface area contributed by atoms with Crippen LogP contribution in [0.1, 0.15) is 54.7 Å². The predicted molar refractivity (Wildman–Crippen MR) is 136 cm³/mol. The van der Waals surface area contributed by atoms with Crippen LogP contribution in [-0.2, 0) is 4.74 Å². The predicted octanol–water partition coefficient (Wildman–Crippen LogP) is 2.68. The molecule has 2 aromatic rings. The van der Waals surface area contributed by atoms with Gasteiger partial charge in [0.25, 0.3) is 0 Å². The molecule has 204 valence electrons. The van der Waals surface area contributed by atoms with E-state index in [0.717, 1.165) is 12.1 Å². The molecule has 0 saturated heterocycles. The summed E-state index contributed by atoms with van der Waals surface area (Å²) in [6, 6.07) is 5.28. The summed E-state index contributed by atoms with van der Waals surface area (Å²) in [6.45, 7) is 1.72. The van der Waals surface area contributed by atoms with Gasteiger partial charge in [-0.25, -0.2) is 4.79 Å². The Morgan fingerprint density at radius 3 is 2.17 bits per heavy atom. The van der Waals surface area contributed by atoms with E-state index in [1.807, 2.05) is 0 Å². The first-order valence-electron chi connectivity index (χ1n) is 12.8. The first-order chi connectivity index (χ1) is 19.0. The molecule has 2 unspecified atom stereocenters. The van der Waals surface area contributed by atoms with E-state index in [-0.39, 0.29) is 28.9 Å². The summed E-state index contributed by atoms with van der Waals surface area (Å²) in [6.07, 6.45) is 0.253. The molecule has 0 amide bonds. The zero-order valence-electron chi connectivity index (χ0n) is 21.0. The zero-order valence-corrected chi connectivity index (χ0v) is 21.0. The Balaban J connectivity index is 1.44. The zero-order chi connectivity index (χ0) is 28.4. The fourth-order valence-electron chi connectivity index (χ4n) is 7.63. The highest BCUT2D eigenvalue weighted by Gasteiger charge is 2.65. The number of aryl methyl sites for hydroxylation is 1. The summed E-state index contributed by atoms with van der Waals surface area (Å²) in [5.74, 6) is -7.46. The number of ketones is 2. The first kappa shape index (κ1) is 24.6. The van der Waals surface area contributed by atoms with Crippen LogP contribution in [0.25, 0.3) is 0 Å². The summed E-state index contributed by atoms with van der Waals surface area (Å²) in [5.41, 5.74) is -0.497. The minimum atomic E-state index is -1.51. The van der Waals surface area contributed by atoms with Crippen molar-refractivity contribution in [2.45, 2.75) is 31.7 Å². The molecule has 0 fully saturated rings. The van der Waals surface area contributed by atoms with E-state index in [9.17, 15) is 45.0 Å². The lowest BCUT2D eigenvalue weighted by molar-refractivity contribution is -0.126. The third-order valence-electron chi connectivity index (χ3n) is 9.18. The molecule has 0 radical (unpaired) electrons. The number of fused-ring (bicyclic) bond motifs is 6. The maximum Gasteiger partial charge on any atom is 0.342 e. The number of aliphatic hydroxyl groups is 3. The van der Waals surface area contributed by atoms with Crippen LogP contribution in [0, 0.1) is 30.1 Å². The van der Waals surface area contributed by atoms with Crippen molar-refractivity contribution >= 4 is 17.5 Å². The number of allylic oxidation sites excluding steroid dienone is 5. The van der Waals surface area contributed by atoms with Crippen LogP contribution < -0.4 is 0 Å². The highest BCUT2D eigenvalue weighted by atomic mass is 16.6. The SMILES string of the molecule is Cc1cc(O)c2c(c1)[C@@H]([C@]13CC4=C(C5C(=O)c6c(O)ccc(O)c6C(=O)C5C(O)=C4)[C@H]1C=C[C@@H](O)[C@H]3O)OC2=O. The van der Waals surface area contributed by atoms with Gasteiger partial charge < -0.3 is 35.4 Å². The number of Topliss-reactive ketones (excluding diaryl/α,β-unsaturated/α-hetero) is 2. The number of benzene rings is 2. The Bertz CT molecular complexity index is 1680. The van der Waals surface area contributed by atoms with Gasteiger partial charge in [0.2, 0.25) is 0 Å². The van der Waals surface area contributed by atoms with Crippen LogP contribution in [0.4, 0.5) is 0 Å². The lowest BCUT2D eigenvalue weighted by atomic mass is 9.58. The maximum absolute atomic E-state index is 14.0. The van der Waals surface area contributed by atoms with Gasteiger partial charge in [-0.15, -0.1) is 0 Å². The number of rotatable bonds is 1. The van der Waals surface area contributed by atoms with Gasteiger partial charge in [-0.3, -0.25) is 9.59 Å². The standard InChI is InChI=1S/C30H24O10/c1-10-6-12-20(17(34)7-10)29(39)40-28(12)30-9-11-8-18(35)23-24(19(11)13(30)2-3-16(33)27(30)38)26(37)22-15(32)5-4-14(31)21(22)25(23)36/h2-8,13,16,23-24,27-28,31-35,38H,9H2,1H3/t13-,16-,23?,24?,27-,28+,30-/m1/s1. The van der Waals surface area contributed by atoms with E-state index in [1.54, 1.807) is 19.1 Å². The van der Waals surface area contributed by atoms with E-state index >= 15 is 0 Å². The lowest BCUT2D eigenvalue weighted by Gasteiger charge is -2.47. The largest absolute Gasteiger partial charge is 0.511 e. The molecule has 5 aliphatic rings. The third kappa shape index (κ3) is 2.81. The van der Waals surface area contributed by atoms with E-state index in [0.29, 0.717) is 22.3 Å². The second-order valence-corrected chi connectivity index (χ2v) is 11.2. The van der Waals surface area contributed by atoms with Gasteiger partial charge in [-0.2, -0.15) is 0 Å². The minimum Gasteiger partial charge on any atom is -0.511 e. The molecule has 1 heterocycles. The van der Waals surface area contributed by atoms with E-state index in [4.69, 9.17) is 4.74 Å². The summed E-state index contributed by atoms with van der Waals surface area (Å²) in [5, 5.41) is 64.9.